The molecule has 4 nitrogen and oxygen atoms in total. The van der Waals surface area contributed by atoms with E-state index in [1.54, 1.807) is 12.1 Å². The third-order valence-electron chi connectivity index (χ3n) is 4.14. The molecule has 1 aromatic carbocycles. The number of benzene rings is 1. The zero-order chi connectivity index (χ0) is 14.8. The van der Waals surface area contributed by atoms with Gasteiger partial charge in [-0.3, -0.25) is 0 Å². The minimum atomic E-state index is 0.288. The van der Waals surface area contributed by atoms with Gasteiger partial charge in [0.25, 0.3) is 0 Å². The molecule has 0 amide bonds. The van der Waals surface area contributed by atoms with Gasteiger partial charge in [0.15, 0.2) is 0 Å². The van der Waals surface area contributed by atoms with E-state index in [-0.39, 0.29) is 5.75 Å². The number of hydrogen-bond donors (Lipinski definition) is 2. The van der Waals surface area contributed by atoms with Gasteiger partial charge >= 0.3 is 0 Å². The summed E-state index contributed by atoms with van der Waals surface area (Å²) in [5.41, 5.74) is 4.63. The van der Waals surface area contributed by atoms with Gasteiger partial charge in [0, 0.05) is 30.3 Å². The topological polar surface area (TPSA) is 58.0 Å². The summed E-state index contributed by atoms with van der Waals surface area (Å²) in [6.45, 7) is 6.28. The number of rotatable bonds is 3. The van der Waals surface area contributed by atoms with E-state index in [2.05, 4.69) is 19.2 Å². The van der Waals surface area contributed by atoms with Gasteiger partial charge in [-0.05, 0) is 50.1 Å². The highest BCUT2D eigenvalue weighted by atomic mass is 16.3. The van der Waals surface area contributed by atoms with Crippen molar-refractivity contribution in [2.75, 3.05) is 13.1 Å². The van der Waals surface area contributed by atoms with Crippen LogP contribution in [0.2, 0.25) is 0 Å². The zero-order valence-electron chi connectivity index (χ0n) is 12.6. The molecule has 2 aromatic rings. The second-order valence-electron chi connectivity index (χ2n) is 5.76. The van der Waals surface area contributed by atoms with Crippen LogP contribution in [-0.4, -0.2) is 28.2 Å². The number of nitrogens with one attached hydrogen (secondary N) is 1. The van der Waals surface area contributed by atoms with E-state index in [4.69, 9.17) is 9.97 Å². The fourth-order valence-corrected chi connectivity index (χ4v) is 3.16. The molecule has 1 unspecified atom stereocenters. The number of phenols is 1. The van der Waals surface area contributed by atoms with Gasteiger partial charge in [-0.2, -0.15) is 0 Å². The lowest BCUT2D eigenvalue weighted by molar-refractivity contribution is 0.475. The van der Waals surface area contributed by atoms with E-state index in [1.165, 1.54) is 12.0 Å². The van der Waals surface area contributed by atoms with Crippen molar-refractivity contribution < 1.29 is 5.11 Å². The summed E-state index contributed by atoms with van der Waals surface area (Å²) in [4.78, 5) is 9.39. The predicted octanol–water partition coefficient (Wildman–Crippen LogP) is 2.47. The molecule has 1 saturated heterocycles. The second-order valence-corrected chi connectivity index (χ2v) is 5.76. The summed E-state index contributed by atoms with van der Waals surface area (Å²) >= 11 is 0. The fourth-order valence-electron chi connectivity index (χ4n) is 3.16. The Labute approximate surface area is 125 Å². The normalized spacial score (nSPS) is 18.1. The van der Waals surface area contributed by atoms with E-state index in [1.807, 2.05) is 12.1 Å². The Morgan fingerprint density at radius 2 is 1.81 bits per heavy atom. The quantitative estimate of drug-likeness (QED) is 0.908. The fraction of sp³-hybridized carbons (Fsp3) is 0.412. The van der Waals surface area contributed by atoms with Crippen LogP contribution in [0.25, 0.3) is 0 Å². The van der Waals surface area contributed by atoms with Gasteiger partial charge in [-0.1, -0.05) is 12.1 Å². The smallest absolute Gasteiger partial charge is 0.133 e. The molecule has 2 N–H and O–H groups in total. The molecular formula is C17H21N3O. The summed E-state index contributed by atoms with van der Waals surface area (Å²) < 4.78 is 0. The summed E-state index contributed by atoms with van der Waals surface area (Å²) in [6, 6.07) is 7.23. The molecule has 0 saturated carbocycles. The Kier molecular flexibility index (Phi) is 3.88. The number of aryl methyl sites for hydroxylation is 2. The van der Waals surface area contributed by atoms with Crippen molar-refractivity contribution in [1.82, 2.24) is 15.3 Å². The lowest BCUT2D eigenvalue weighted by atomic mass is 9.95. The van der Waals surface area contributed by atoms with Gasteiger partial charge in [0.2, 0.25) is 0 Å². The molecular weight excluding hydrogens is 262 g/mol. The Morgan fingerprint density at radius 1 is 1.14 bits per heavy atom. The predicted molar refractivity (Wildman–Crippen MR) is 82.6 cm³/mol. The van der Waals surface area contributed by atoms with E-state index in [0.29, 0.717) is 12.3 Å². The van der Waals surface area contributed by atoms with Crippen LogP contribution in [0.3, 0.4) is 0 Å². The van der Waals surface area contributed by atoms with Crippen LogP contribution >= 0.6 is 0 Å². The van der Waals surface area contributed by atoms with E-state index in [0.717, 1.165) is 35.9 Å². The number of hydrogen-bond acceptors (Lipinski definition) is 4. The van der Waals surface area contributed by atoms with Crippen molar-refractivity contribution in [3.63, 3.8) is 0 Å². The molecule has 1 atom stereocenters. The minimum Gasteiger partial charge on any atom is -0.508 e. The maximum Gasteiger partial charge on any atom is 0.133 e. The molecule has 1 aromatic heterocycles. The third-order valence-corrected chi connectivity index (χ3v) is 4.14. The zero-order valence-corrected chi connectivity index (χ0v) is 12.6. The first-order valence-electron chi connectivity index (χ1n) is 7.46. The van der Waals surface area contributed by atoms with Gasteiger partial charge < -0.3 is 10.4 Å². The first-order chi connectivity index (χ1) is 10.1. The molecule has 110 valence electrons. The van der Waals surface area contributed by atoms with Gasteiger partial charge in [0.05, 0.1) is 0 Å². The van der Waals surface area contributed by atoms with Crippen molar-refractivity contribution in [3.05, 3.63) is 52.6 Å². The Bertz CT molecular complexity index is 608. The van der Waals surface area contributed by atoms with Crippen molar-refractivity contribution in [3.8, 4) is 5.75 Å². The first-order valence-corrected chi connectivity index (χ1v) is 7.46. The molecule has 21 heavy (non-hydrogen) atoms. The van der Waals surface area contributed by atoms with Crippen LogP contribution in [0.4, 0.5) is 0 Å². The van der Waals surface area contributed by atoms with Crippen molar-refractivity contribution in [2.24, 2.45) is 0 Å². The van der Waals surface area contributed by atoms with Crippen molar-refractivity contribution in [2.45, 2.75) is 32.6 Å². The molecule has 4 heteroatoms. The van der Waals surface area contributed by atoms with E-state index >= 15 is 0 Å². The van der Waals surface area contributed by atoms with Crippen LogP contribution in [0.1, 0.15) is 40.7 Å². The highest BCUT2D eigenvalue weighted by Crippen LogP contribution is 2.27. The second kappa shape index (κ2) is 5.82. The number of aromatic nitrogens is 2. The third kappa shape index (κ3) is 3.05. The van der Waals surface area contributed by atoms with E-state index in [9.17, 15) is 5.11 Å². The summed E-state index contributed by atoms with van der Waals surface area (Å²) in [6.07, 6.45) is 1.87. The Balaban J connectivity index is 1.85. The summed E-state index contributed by atoms with van der Waals surface area (Å²) in [7, 11) is 0. The molecule has 0 aliphatic carbocycles. The van der Waals surface area contributed by atoms with Gasteiger partial charge in [0.1, 0.15) is 11.6 Å². The van der Waals surface area contributed by atoms with Crippen molar-refractivity contribution in [1.29, 1.82) is 0 Å². The summed E-state index contributed by atoms with van der Waals surface area (Å²) in [5, 5.41) is 12.7. The highest BCUT2D eigenvalue weighted by Gasteiger charge is 2.22. The van der Waals surface area contributed by atoms with Crippen LogP contribution in [0.5, 0.6) is 5.75 Å². The molecule has 1 fully saturated rings. The van der Waals surface area contributed by atoms with Gasteiger partial charge in [-0.25, -0.2) is 9.97 Å². The molecule has 0 bridgehead atoms. The lowest BCUT2D eigenvalue weighted by Crippen LogP contribution is -2.13. The monoisotopic (exact) mass is 283 g/mol. The first kappa shape index (κ1) is 14.0. The number of nitrogens with zero attached hydrogens (tertiary/aromatic N) is 2. The van der Waals surface area contributed by atoms with Crippen LogP contribution < -0.4 is 5.32 Å². The molecule has 1 aliphatic heterocycles. The molecule has 3 rings (SSSR count). The SMILES string of the molecule is Cc1nc(Cc2ccc(O)cc2)nc(C)c1C1CCNC1. The van der Waals surface area contributed by atoms with Crippen LogP contribution in [0, 0.1) is 13.8 Å². The number of phenolic OH excluding ortho intramolecular Hbond substituents is 1. The van der Waals surface area contributed by atoms with Crippen LogP contribution in [-0.2, 0) is 6.42 Å². The highest BCUT2D eigenvalue weighted by molar-refractivity contribution is 5.32. The minimum absolute atomic E-state index is 0.288. The summed E-state index contributed by atoms with van der Waals surface area (Å²) in [5.74, 6) is 1.69. The molecule has 0 spiro atoms. The lowest BCUT2D eigenvalue weighted by Gasteiger charge is -2.15. The average Bonchev–Trinajstić information content (AvgIpc) is 2.94. The van der Waals surface area contributed by atoms with E-state index < -0.39 is 0 Å². The standard InChI is InChI=1S/C17H21N3O/c1-11-17(14-7-8-18-10-14)12(2)20-16(19-11)9-13-3-5-15(21)6-4-13/h3-6,14,18,21H,7-10H2,1-2H3. The Hall–Kier alpha value is -1.94. The van der Waals surface area contributed by atoms with Crippen molar-refractivity contribution >= 4 is 0 Å². The maximum atomic E-state index is 9.33. The molecule has 1 aliphatic rings. The molecule has 2 heterocycles. The van der Waals surface area contributed by atoms with Crippen LogP contribution in [0.15, 0.2) is 24.3 Å². The number of aromatic hydroxyl groups is 1. The van der Waals surface area contributed by atoms with Gasteiger partial charge in [-0.15, -0.1) is 0 Å². The Morgan fingerprint density at radius 3 is 2.38 bits per heavy atom. The maximum absolute atomic E-state index is 9.33. The largest absolute Gasteiger partial charge is 0.508 e. The molecule has 0 radical (unpaired) electrons. The average molecular weight is 283 g/mol.